The number of nitrogens with two attached hydrogens (primary N) is 1. The van der Waals surface area contributed by atoms with E-state index in [9.17, 15) is 4.79 Å². The van der Waals surface area contributed by atoms with Crippen molar-refractivity contribution in [1.82, 2.24) is 4.90 Å². The van der Waals surface area contributed by atoms with Crippen LogP contribution in [0.4, 0.5) is 0 Å². The van der Waals surface area contributed by atoms with Gasteiger partial charge in [0.25, 0.3) is 5.91 Å². The lowest BCUT2D eigenvalue weighted by Gasteiger charge is -2.23. The maximum Gasteiger partial charge on any atom is 0.263 e. The summed E-state index contributed by atoms with van der Waals surface area (Å²) in [6, 6.07) is 7.89. The average molecular weight is 278 g/mol. The molecule has 2 atom stereocenters. The molecule has 1 aromatic carbocycles. The molecule has 0 aliphatic rings. The molecule has 0 aromatic heterocycles. The van der Waals surface area contributed by atoms with Gasteiger partial charge in [-0.25, -0.2) is 0 Å². The molecule has 1 aromatic rings. The first kappa shape index (κ1) is 16.5. The maximum absolute atomic E-state index is 12.2. The molecule has 4 nitrogen and oxygen atoms in total. The molecule has 0 aliphatic carbocycles. The second-order valence-electron chi connectivity index (χ2n) is 5.10. The predicted octanol–water partition coefficient (Wildman–Crippen LogP) is 2.21. The molecule has 0 fully saturated rings. The molecule has 1 amide bonds. The van der Waals surface area contributed by atoms with Gasteiger partial charge in [0.1, 0.15) is 5.75 Å². The lowest BCUT2D eigenvalue weighted by Crippen LogP contribution is -2.40. The number of benzene rings is 1. The van der Waals surface area contributed by atoms with E-state index < -0.39 is 6.10 Å². The van der Waals surface area contributed by atoms with E-state index >= 15 is 0 Å². The Morgan fingerprint density at radius 2 is 1.95 bits per heavy atom. The van der Waals surface area contributed by atoms with Gasteiger partial charge < -0.3 is 15.4 Å². The molecule has 1 rings (SSSR count). The van der Waals surface area contributed by atoms with Crippen LogP contribution in [0.2, 0.25) is 0 Å². The van der Waals surface area contributed by atoms with Gasteiger partial charge in [0.05, 0.1) is 0 Å². The van der Waals surface area contributed by atoms with Crippen molar-refractivity contribution in [3.8, 4) is 5.75 Å². The third kappa shape index (κ3) is 4.85. The van der Waals surface area contributed by atoms with E-state index in [0.717, 1.165) is 17.7 Å². The summed E-state index contributed by atoms with van der Waals surface area (Å²) in [5.74, 6) is 0.740. The molecule has 4 heteroatoms. The molecule has 2 N–H and O–H groups in total. The Kier molecular flexibility index (Phi) is 6.52. The number of hydrogen-bond acceptors (Lipinski definition) is 3. The first-order chi connectivity index (χ1) is 9.47. The zero-order chi connectivity index (χ0) is 15.1. The topological polar surface area (TPSA) is 55.6 Å². The molecule has 0 saturated heterocycles. The SMILES string of the molecule is CCN(CC)C(=O)C(C)Oc1cccc(CC(C)N)c1. The molecule has 112 valence electrons. The van der Waals surface area contributed by atoms with Crippen LogP contribution in [0.15, 0.2) is 24.3 Å². The number of likely N-dealkylation sites (N-methyl/N-ethyl adjacent to an activating group) is 1. The van der Waals surface area contributed by atoms with E-state index in [2.05, 4.69) is 0 Å². The second kappa shape index (κ2) is 7.90. The highest BCUT2D eigenvalue weighted by molar-refractivity contribution is 5.80. The fourth-order valence-electron chi connectivity index (χ4n) is 2.16. The van der Waals surface area contributed by atoms with Gasteiger partial charge >= 0.3 is 0 Å². The number of rotatable bonds is 7. The number of ether oxygens (including phenoxy) is 1. The Morgan fingerprint density at radius 3 is 2.50 bits per heavy atom. The first-order valence-corrected chi connectivity index (χ1v) is 7.27. The summed E-state index contributed by atoms with van der Waals surface area (Å²) in [7, 11) is 0. The average Bonchev–Trinajstić information content (AvgIpc) is 2.39. The number of nitrogens with zero attached hydrogens (tertiary/aromatic N) is 1. The summed E-state index contributed by atoms with van der Waals surface area (Å²) in [5, 5.41) is 0. The highest BCUT2D eigenvalue weighted by Gasteiger charge is 2.19. The van der Waals surface area contributed by atoms with E-state index in [1.807, 2.05) is 45.0 Å². The third-order valence-corrected chi connectivity index (χ3v) is 3.19. The predicted molar refractivity (Wildman–Crippen MR) is 81.8 cm³/mol. The minimum atomic E-state index is -0.472. The van der Waals surface area contributed by atoms with Crippen LogP contribution in [0.3, 0.4) is 0 Å². The molecular weight excluding hydrogens is 252 g/mol. The summed E-state index contributed by atoms with van der Waals surface area (Å²) < 4.78 is 5.75. The van der Waals surface area contributed by atoms with Crippen molar-refractivity contribution in [3.63, 3.8) is 0 Å². The van der Waals surface area contributed by atoms with Crippen LogP contribution in [0.5, 0.6) is 5.75 Å². The summed E-state index contributed by atoms with van der Waals surface area (Å²) in [6.07, 6.45) is 0.329. The Morgan fingerprint density at radius 1 is 1.30 bits per heavy atom. The van der Waals surface area contributed by atoms with E-state index in [-0.39, 0.29) is 11.9 Å². The molecule has 0 aliphatic heterocycles. The summed E-state index contributed by atoms with van der Waals surface area (Å²) in [5.41, 5.74) is 6.92. The van der Waals surface area contributed by atoms with Gasteiger partial charge in [-0.2, -0.15) is 0 Å². The van der Waals surface area contributed by atoms with Crippen molar-refractivity contribution in [1.29, 1.82) is 0 Å². The van der Waals surface area contributed by atoms with Crippen LogP contribution in [0, 0.1) is 0 Å². The number of amides is 1. The van der Waals surface area contributed by atoms with Gasteiger partial charge in [-0.15, -0.1) is 0 Å². The minimum absolute atomic E-state index is 0.0209. The molecular formula is C16H26N2O2. The zero-order valence-corrected chi connectivity index (χ0v) is 12.9. The van der Waals surface area contributed by atoms with Gasteiger partial charge in [-0.3, -0.25) is 4.79 Å². The summed E-state index contributed by atoms with van der Waals surface area (Å²) in [4.78, 5) is 13.9. The molecule has 0 heterocycles. The first-order valence-electron chi connectivity index (χ1n) is 7.27. The molecule has 2 unspecified atom stereocenters. The van der Waals surface area contributed by atoms with Gasteiger partial charge in [-0.05, 0) is 51.8 Å². The minimum Gasteiger partial charge on any atom is -0.481 e. The highest BCUT2D eigenvalue weighted by atomic mass is 16.5. The van der Waals surface area contributed by atoms with Gasteiger partial charge in [-0.1, -0.05) is 12.1 Å². The van der Waals surface area contributed by atoms with Crippen LogP contribution in [-0.4, -0.2) is 36.0 Å². The van der Waals surface area contributed by atoms with Crippen molar-refractivity contribution in [3.05, 3.63) is 29.8 Å². The monoisotopic (exact) mass is 278 g/mol. The largest absolute Gasteiger partial charge is 0.481 e. The van der Waals surface area contributed by atoms with Gasteiger partial charge in [0.15, 0.2) is 6.10 Å². The molecule has 0 saturated carbocycles. The van der Waals surface area contributed by atoms with Crippen LogP contribution in [0.25, 0.3) is 0 Å². The van der Waals surface area contributed by atoms with E-state index in [1.165, 1.54) is 0 Å². The van der Waals surface area contributed by atoms with Crippen molar-refractivity contribution in [2.45, 2.75) is 46.3 Å². The van der Waals surface area contributed by atoms with Crippen molar-refractivity contribution in [2.24, 2.45) is 5.73 Å². The van der Waals surface area contributed by atoms with Crippen molar-refractivity contribution >= 4 is 5.91 Å². The Balaban J connectivity index is 2.70. The molecule has 0 radical (unpaired) electrons. The van der Waals surface area contributed by atoms with Crippen molar-refractivity contribution < 1.29 is 9.53 Å². The second-order valence-corrected chi connectivity index (χ2v) is 5.10. The fourth-order valence-corrected chi connectivity index (χ4v) is 2.16. The molecule has 20 heavy (non-hydrogen) atoms. The van der Waals surface area contributed by atoms with Crippen LogP contribution in [0.1, 0.15) is 33.3 Å². The van der Waals surface area contributed by atoms with Crippen LogP contribution >= 0.6 is 0 Å². The lowest BCUT2D eigenvalue weighted by molar-refractivity contribution is -0.137. The normalized spacial score (nSPS) is 13.7. The quantitative estimate of drug-likeness (QED) is 0.832. The third-order valence-electron chi connectivity index (χ3n) is 3.19. The van der Waals surface area contributed by atoms with E-state index in [1.54, 1.807) is 11.8 Å². The van der Waals surface area contributed by atoms with Gasteiger partial charge in [0, 0.05) is 19.1 Å². The molecule has 0 spiro atoms. The lowest BCUT2D eigenvalue weighted by atomic mass is 10.1. The summed E-state index contributed by atoms with van der Waals surface area (Å²) >= 11 is 0. The van der Waals surface area contributed by atoms with E-state index in [0.29, 0.717) is 13.1 Å². The van der Waals surface area contributed by atoms with E-state index in [4.69, 9.17) is 10.5 Å². The number of carbonyl (C=O) groups is 1. The van der Waals surface area contributed by atoms with Gasteiger partial charge in [0.2, 0.25) is 0 Å². The standard InChI is InChI=1S/C16H26N2O2/c1-5-18(6-2)16(19)13(4)20-15-9-7-8-14(11-15)10-12(3)17/h7-9,11-13H,5-6,10,17H2,1-4H3. The Labute approximate surface area is 121 Å². The summed E-state index contributed by atoms with van der Waals surface area (Å²) in [6.45, 7) is 9.11. The Bertz CT molecular complexity index is 428. The molecule has 0 bridgehead atoms. The number of carbonyl (C=O) groups excluding carboxylic acids is 1. The van der Waals surface area contributed by atoms with Crippen LogP contribution < -0.4 is 10.5 Å². The highest BCUT2D eigenvalue weighted by Crippen LogP contribution is 2.16. The van der Waals surface area contributed by atoms with Crippen molar-refractivity contribution in [2.75, 3.05) is 13.1 Å². The maximum atomic E-state index is 12.2. The number of hydrogen-bond donors (Lipinski definition) is 1. The smallest absolute Gasteiger partial charge is 0.263 e. The fraction of sp³-hybridized carbons (Fsp3) is 0.562. The van der Waals surface area contributed by atoms with Crippen LogP contribution in [-0.2, 0) is 11.2 Å². The Hall–Kier alpha value is -1.55. The zero-order valence-electron chi connectivity index (χ0n) is 12.9.